The molecule has 0 radical (unpaired) electrons. The second-order valence-corrected chi connectivity index (χ2v) is 5.88. The lowest BCUT2D eigenvalue weighted by Crippen LogP contribution is -2.58. The Bertz CT molecular complexity index is 474. The van der Waals surface area contributed by atoms with Crippen LogP contribution < -0.4 is 10.6 Å². The van der Waals surface area contributed by atoms with Gasteiger partial charge in [-0.2, -0.15) is 0 Å². The van der Waals surface area contributed by atoms with E-state index in [9.17, 15) is 4.79 Å². The van der Waals surface area contributed by atoms with Crippen LogP contribution in [0.5, 0.6) is 0 Å². The Balaban J connectivity index is 1.66. The molecule has 1 fully saturated rings. The normalized spacial score (nSPS) is 24.2. The maximum Gasteiger partial charge on any atom is 0.237 e. The maximum absolute atomic E-state index is 12.4. The summed E-state index contributed by atoms with van der Waals surface area (Å²) >= 11 is 0. The summed E-state index contributed by atoms with van der Waals surface area (Å²) in [6.45, 7) is 2.97. The van der Waals surface area contributed by atoms with Crippen LogP contribution in [-0.2, 0) is 17.8 Å². The quantitative estimate of drug-likeness (QED) is 0.872. The van der Waals surface area contributed by atoms with E-state index in [1.165, 1.54) is 17.5 Å². The van der Waals surface area contributed by atoms with Crippen LogP contribution in [0.1, 0.15) is 43.7 Å². The largest absolute Gasteiger partial charge is 0.349 e. The van der Waals surface area contributed by atoms with Crippen molar-refractivity contribution in [2.75, 3.05) is 0 Å². The molecule has 1 aliphatic heterocycles. The van der Waals surface area contributed by atoms with E-state index < -0.39 is 0 Å². The Hall–Kier alpha value is -1.35. The maximum atomic E-state index is 12.4. The van der Waals surface area contributed by atoms with Gasteiger partial charge in [-0.3, -0.25) is 4.79 Å². The fourth-order valence-electron chi connectivity index (χ4n) is 3.16. The lowest BCUT2D eigenvalue weighted by atomic mass is 9.74. The topological polar surface area (TPSA) is 41.1 Å². The van der Waals surface area contributed by atoms with Crippen molar-refractivity contribution in [3.63, 3.8) is 0 Å². The van der Waals surface area contributed by atoms with Crippen molar-refractivity contribution in [2.45, 2.75) is 57.2 Å². The van der Waals surface area contributed by atoms with Gasteiger partial charge in [0.15, 0.2) is 0 Å². The molecule has 1 saturated carbocycles. The molecule has 0 saturated heterocycles. The van der Waals surface area contributed by atoms with Crippen LogP contribution in [0, 0.1) is 0 Å². The van der Waals surface area contributed by atoms with Gasteiger partial charge in [-0.1, -0.05) is 31.2 Å². The third kappa shape index (κ3) is 2.39. The van der Waals surface area contributed by atoms with Crippen LogP contribution in [-0.4, -0.2) is 17.5 Å². The van der Waals surface area contributed by atoms with Gasteiger partial charge in [0.05, 0.1) is 6.04 Å². The van der Waals surface area contributed by atoms with E-state index in [-0.39, 0.29) is 17.5 Å². The number of carbonyl (C=O) groups excluding carboxylic acids is 1. The van der Waals surface area contributed by atoms with Gasteiger partial charge in [-0.25, -0.2) is 0 Å². The summed E-state index contributed by atoms with van der Waals surface area (Å²) in [5.41, 5.74) is 2.72. The number of hydrogen-bond acceptors (Lipinski definition) is 2. The molecule has 0 bridgehead atoms. The zero-order valence-electron chi connectivity index (χ0n) is 11.5. The van der Waals surface area contributed by atoms with Gasteiger partial charge in [0.25, 0.3) is 0 Å². The SMILES string of the molecule is CCC1(NC(=O)C2Cc3ccccc3CN2)CCC1. The summed E-state index contributed by atoms with van der Waals surface area (Å²) in [5.74, 6) is 0.177. The highest BCUT2D eigenvalue weighted by molar-refractivity contribution is 5.83. The van der Waals surface area contributed by atoms with Crippen LogP contribution in [0.2, 0.25) is 0 Å². The number of fused-ring (bicyclic) bond motifs is 1. The van der Waals surface area contributed by atoms with Gasteiger partial charge in [0, 0.05) is 12.1 Å². The number of hydrogen-bond donors (Lipinski definition) is 2. The average molecular weight is 258 g/mol. The summed E-state index contributed by atoms with van der Waals surface area (Å²) in [6.07, 6.45) is 5.37. The van der Waals surface area contributed by atoms with Crippen molar-refractivity contribution in [2.24, 2.45) is 0 Å². The minimum Gasteiger partial charge on any atom is -0.349 e. The third-order valence-corrected chi connectivity index (χ3v) is 4.77. The third-order valence-electron chi connectivity index (χ3n) is 4.77. The van der Waals surface area contributed by atoms with Crippen LogP contribution in [0.15, 0.2) is 24.3 Å². The number of benzene rings is 1. The second-order valence-electron chi connectivity index (χ2n) is 5.88. The van der Waals surface area contributed by atoms with Gasteiger partial charge in [-0.15, -0.1) is 0 Å². The number of nitrogens with one attached hydrogen (secondary N) is 2. The van der Waals surface area contributed by atoms with Crippen LogP contribution >= 0.6 is 0 Å². The number of rotatable bonds is 3. The molecule has 1 aliphatic carbocycles. The molecule has 1 unspecified atom stereocenters. The zero-order valence-corrected chi connectivity index (χ0v) is 11.5. The number of amides is 1. The van der Waals surface area contributed by atoms with Crippen LogP contribution in [0.3, 0.4) is 0 Å². The van der Waals surface area contributed by atoms with Crippen molar-refractivity contribution in [1.29, 1.82) is 0 Å². The molecule has 102 valence electrons. The molecule has 1 aromatic rings. The number of carbonyl (C=O) groups is 1. The monoisotopic (exact) mass is 258 g/mol. The van der Waals surface area contributed by atoms with Crippen molar-refractivity contribution in [3.8, 4) is 0 Å². The Kier molecular flexibility index (Phi) is 3.31. The second kappa shape index (κ2) is 4.97. The lowest BCUT2D eigenvalue weighted by Gasteiger charge is -2.43. The minimum absolute atomic E-state index is 0.0704. The molecule has 1 aromatic carbocycles. The van der Waals surface area contributed by atoms with Gasteiger partial charge < -0.3 is 10.6 Å². The van der Waals surface area contributed by atoms with Crippen molar-refractivity contribution in [1.82, 2.24) is 10.6 Å². The van der Waals surface area contributed by atoms with E-state index in [2.05, 4.69) is 41.8 Å². The summed E-state index contributed by atoms with van der Waals surface area (Å²) in [4.78, 5) is 12.4. The average Bonchev–Trinajstić information content (AvgIpc) is 2.42. The molecule has 19 heavy (non-hydrogen) atoms. The first-order valence-electron chi connectivity index (χ1n) is 7.35. The molecule has 0 aromatic heterocycles. The first kappa shape index (κ1) is 12.7. The zero-order chi connectivity index (χ0) is 13.3. The summed E-state index contributed by atoms with van der Waals surface area (Å²) in [6, 6.07) is 8.31. The Labute approximate surface area is 114 Å². The Morgan fingerprint density at radius 1 is 1.37 bits per heavy atom. The van der Waals surface area contributed by atoms with E-state index in [4.69, 9.17) is 0 Å². The van der Waals surface area contributed by atoms with Crippen molar-refractivity contribution in [3.05, 3.63) is 35.4 Å². The molecular formula is C16H22N2O. The fourth-order valence-corrected chi connectivity index (χ4v) is 3.16. The highest BCUT2D eigenvalue weighted by Gasteiger charge is 2.38. The standard InChI is InChI=1S/C16H22N2O/c1-2-16(8-5-9-16)18-15(19)14-10-12-6-3-4-7-13(12)11-17-14/h3-4,6-7,14,17H,2,5,8-11H2,1H3,(H,18,19). The Morgan fingerprint density at radius 2 is 2.11 bits per heavy atom. The van der Waals surface area contributed by atoms with E-state index >= 15 is 0 Å². The minimum atomic E-state index is -0.0704. The molecule has 1 amide bonds. The van der Waals surface area contributed by atoms with E-state index in [0.29, 0.717) is 0 Å². The van der Waals surface area contributed by atoms with Gasteiger partial charge in [0.1, 0.15) is 0 Å². The Morgan fingerprint density at radius 3 is 2.74 bits per heavy atom. The van der Waals surface area contributed by atoms with Gasteiger partial charge in [-0.05, 0) is 43.2 Å². The van der Waals surface area contributed by atoms with E-state index in [1.807, 2.05) is 0 Å². The van der Waals surface area contributed by atoms with Crippen molar-refractivity contribution >= 4 is 5.91 Å². The molecule has 2 N–H and O–H groups in total. The molecule has 1 atom stereocenters. The molecule has 3 heteroatoms. The smallest absolute Gasteiger partial charge is 0.237 e. The molecule has 1 heterocycles. The first-order chi connectivity index (χ1) is 9.22. The highest BCUT2D eigenvalue weighted by Crippen LogP contribution is 2.34. The van der Waals surface area contributed by atoms with Crippen molar-refractivity contribution < 1.29 is 4.79 Å². The van der Waals surface area contributed by atoms with Crippen LogP contribution in [0.4, 0.5) is 0 Å². The van der Waals surface area contributed by atoms with Gasteiger partial charge >= 0.3 is 0 Å². The molecular weight excluding hydrogens is 236 g/mol. The van der Waals surface area contributed by atoms with Crippen LogP contribution in [0.25, 0.3) is 0 Å². The molecule has 0 spiro atoms. The van der Waals surface area contributed by atoms with Gasteiger partial charge in [0.2, 0.25) is 5.91 Å². The molecule has 2 aliphatic rings. The predicted octanol–water partition coefficient (Wildman–Crippen LogP) is 2.15. The fraction of sp³-hybridized carbons (Fsp3) is 0.562. The lowest BCUT2D eigenvalue weighted by molar-refractivity contribution is -0.126. The molecule has 3 rings (SSSR count). The summed E-state index contributed by atoms with van der Waals surface area (Å²) in [5, 5.41) is 6.64. The highest BCUT2D eigenvalue weighted by atomic mass is 16.2. The summed E-state index contributed by atoms with van der Waals surface area (Å²) < 4.78 is 0. The molecule has 3 nitrogen and oxygen atoms in total. The summed E-state index contributed by atoms with van der Waals surface area (Å²) in [7, 11) is 0. The predicted molar refractivity (Wildman–Crippen MR) is 75.8 cm³/mol. The first-order valence-corrected chi connectivity index (χ1v) is 7.35. The van der Waals surface area contributed by atoms with E-state index in [0.717, 1.165) is 32.2 Å². The van der Waals surface area contributed by atoms with E-state index in [1.54, 1.807) is 0 Å².